The van der Waals surface area contributed by atoms with Gasteiger partial charge in [-0.05, 0) is 37.5 Å². The summed E-state index contributed by atoms with van der Waals surface area (Å²) in [6, 6.07) is 3.06. The Morgan fingerprint density at radius 2 is 2.10 bits per heavy atom. The fourth-order valence-corrected chi connectivity index (χ4v) is 3.47. The van der Waals surface area contributed by atoms with Gasteiger partial charge in [-0.15, -0.1) is 0 Å². The molecule has 3 heterocycles. The molecule has 1 aliphatic rings. The molecular formula is C20H22F3N3O4. The number of amides is 1. The lowest BCUT2D eigenvalue weighted by Gasteiger charge is -2.38. The highest BCUT2D eigenvalue weighted by Gasteiger charge is 2.35. The maximum Gasteiger partial charge on any atom is 0.433 e. The number of nitrogens with zero attached hydrogens (tertiary/aromatic N) is 3. The van der Waals surface area contributed by atoms with E-state index in [0.717, 1.165) is 31.2 Å². The number of alkyl halides is 3. The summed E-state index contributed by atoms with van der Waals surface area (Å²) in [5.74, 6) is 0.156. The molecule has 2 aromatic heterocycles. The molecule has 162 valence electrons. The van der Waals surface area contributed by atoms with Gasteiger partial charge in [0.25, 0.3) is 5.91 Å². The Kier molecular flexibility index (Phi) is 6.76. The molecule has 0 aromatic carbocycles. The first-order chi connectivity index (χ1) is 14.3. The number of piperidine rings is 1. The molecule has 1 saturated heterocycles. The lowest BCUT2D eigenvalue weighted by atomic mass is 9.93. The highest BCUT2D eigenvalue weighted by Crippen LogP contribution is 2.33. The smallest absolute Gasteiger partial charge is 0.433 e. The summed E-state index contributed by atoms with van der Waals surface area (Å²) in [7, 11) is 1.49. The molecule has 0 radical (unpaired) electrons. The van der Waals surface area contributed by atoms with E-state index in [1.807, 2.05) is 0 Å². The van der Waals surface area contributed by atoms with Crippen LogP contribution in [-0.2, 0) is 11.0 Å². The predicted octanol–water partition coefficient (Wildman–Crippen LogP) is 3.00. The molecule has 1 N–H and O–H groups in total. The maximum atomic E-state index is 12.7. The fraction of sp³-hybridized carbons (Fsp3) is 0.450. The highest BCUT2D eigenvalue weighted by molar-refractivity contribution is 5.78. The van der Waals surface area contributed by atoms with E-state index >= 15 is 0 Å². The van der Waals surface area contributed by atoms with Gasteiger partial charge in [-0.1, -0.05) is 0 Å². The van der Waals surface area contributed by atoms with E-state index in [2.05, 4.69) is 9.97 Å². The minimum atomic E-state index is -4.54. The van der Waals surface area contributed by atoms with Crippen LogP contribution in [0.1, 0.15) is 36.6 Å². The molecule has 2 atom stereocenters. The second-order valence-corrected chi connectivity index (χ2v) is 6.88. The number of halogens is 3. The van der Waals surface area contributed by atoms with Crippen LogP contribution in [0, 0.1) is 0 Å². The largest absolute Gasteiger partial charge is 0.496 e. The zero-order valence-corrected chi connectivity index (χ0v) is 16.3. The summed E-state index contributed by atoms with van der Waals surface area (Å²) >= 11 is 0. The van der Waals surface area contributed by atoms with Crippen LogP contribution < -0.4 is 9.47 Å². The molecule has 2 aromatic rings. The summed E-state index contributed by atoms with van der Waals surface area (Å²) < 4.78 is 48.4. The average Bonchev–Trinajstić information content (AvgIpc) is 2.76. The molecule has 1 fully saturated rings. The number of hydrogen-bond acceptors (Lipinski definition) is 6. The Hall–Kier alpha value is -2.88. The van der Waals surface area contributed by atoms with E-state index in [9.17, 15) is 23.1 Å². The Morgan fingerprint density at radius 3 is 2.77 bits per heavy atom. The number of carbonyl (C=O) groups excluding carboxylic acids is 1. The monoisotopic (exact) mass is 425 g/mol. The Morgan fingerprint density at radius 1 is 1.30 bits per heavy atom. The number of rotatable bonds is 6. The third-order valence-corrected chi connectivity index (χ3v) is 4.97. The Bertz CT molecular complexity index is 861. The van der Waals surface area contributed by atoms with Gasteiger partial charge in [0.1, 0.15) is 23.3 Å². The fourth-order valence-electron chi connectivity index (χ4n) is 3.47. The van der Waals surface area contributed by atoms with Crippen molar-refractivity contribution in [2.75, 3.05) is 20.3 Å². The van der Waals surface area contributed by atoms with Crippen LogP contribution in [0.3, 0.4) is 0 Å². The van der Waals surface area contributed by atoms with Crippen LogP contribution in [0.4, 0.5) is 13.2 Å². The summed E-state index contributed by atoms with van der Waals surface area (Å²) in [5, 5.41) is 10.9. The van der Waals surface area contributed by atoms with Gasteiger partial charge in [-0.2, -0.15) is 13.2 Å². The van der Waals surface area contributed by atoms with Crippen LogP contribution in [-0.4, -0.2) is 52.2 Å². The number of aliphatic hydroxyl groups is 1. The van der Waals surface area contributed by atoms with E-state index in [1.165, 1.54) is 18.2 Å². The van der Waals surface area contributed by atoms with Gasteiger partial charge in [0.15, 0.2) is 6.61 Å². The minimum absolute atomic E-state index is 0.0550. The second kappa shape index (κ2) is 9.29. The molecule has 0 bridgehead atoms. The van der Waals surface area contributed by atoms with Crippen LogP contribution >= 0.6 is 0 Å². The Balaban J connectivity index is 1.67. The van der Waals surface area contributed by atoms with Gasteiger partial charge in [0.05, 0.1) is 19.3 Å². The molecule has 1 amide bonds. The first-order valence-corrected chi connectivity index (χ1v) is 9.42. The van der Waals surface area contributed by atoms with Gasteiger partial charge in [0, 0.05) is 24.5 Å². The molecule has 0 saturated carbocycles. The Labute approximate surface area is 171 Å². The number of methoxy groups -OCH3 is 1. The average molecular weight is 425 g/mol. The summed E-state index contributed by atoms with van der Waals surface area (Å²) in [5.41, 5.74) is -0.552. The number of aliphatic hydroxyl groups excluding tert-OH is 1. The molecular weight excluding hydrogens is 403 g/mol. The molecule has 0 aliphatic carbocycles. The third-order valence-electron chi connectivity index (χ3n) is 4.97. The summed E-state index contributed by atoms with van der Waals surface area (Å²) in [6.07, 6.45) is 0.657. The van der Waals surface area contributed by atoms with Crippen LogP contribution in [0.5, 0.6) is 11.5 Å². The van der Waals surface area contributed by atoms with Gasteiger partial charge in [-0.25, -0.2) is 4.98 Å². The van der Waals surface area contributed by atoms with E-state index in [0.29, 0.717) is 24.3 Å². The number of aromatic nitrogens is 2. The zero-order valence-electron chi connectivity index (χ0n) is 16.3. The van der Waals surface area contributed by atoms with Gasteiger partial charge in [0.2, 0.25) is 0 Å². The first-order valence-electron chi connectivity index (χ1n) is 9.42. The van der Waals surface area contributed by atoms with Crippen molar-refractivity contribution in [1.82, 2.24) is 14.9 Å². The van der Waals surface area contributed by atoms with Crippen molar-refractivity contribution < 1.29 is 32.5 Å². The molecule has 10 heteroatoms. The van der Waals surface area contributed by atoms with Crippen LogP contribution in [0.2, 0.25) is 0 Å². The van der Waals surface area contributed by atoms with Crippen molar-refractivity contribution in [2.45, 2.75) is 37.6 Å². The second-order valence-electron chi connectivity index (χ2n) is 6.88. The number of carbonyl (C=O) groups is 1. The van der Waals surface area contributed by atoms with Gasteiger partial charge in [-0.3, -0.25) is 9.78 Å². The van der Waals surface area contributed by atoms with Crippen molar-refractivity contribution in [3.05, 3.63) is 48.0 Å². The standard InChI is InChI=1S/C20H22F3N3O4/c1-29-16-7-8-24-11-14(16)19(28)15-4-2-3-9-26(15)18(27)12-30-13-5-6-17(25-10-13)20(21,22)23/h5-8,10-11,15,19,28H,2-4,9,12H2,1H3/t15-,19-/m1/s1. The number of pyridine rings is 2. The lowest BCUT2D eigenvalue weighted by Crippen LogP contribution is -2.48. The van der Waals surface area contributed by atoms with Crippen LogP contribution in [0.15, 0.2) is 36.8 Å². The molecule has 1 aliphatic heterocycles. The highest BCUT2D eigenvalue weighted by atomic mass is 19.4. The molecule has 0 spiro atoms. The van der Waals surface area contributed by atoms with E-state index in [4.69, 9.17) is 9.47 Å². The third kappa shape index (κ3) is 4.99. The van der Waals surface area contributed by atoms with Crippen LogP contribution in [0.25, 0.3) is 0 Å². The molecule has 0 unspecified atom stereocenters. The van der Waals surface area contributed by atoms with Gasteiger partial charge >= 0.3 is 6.18 Å². The first kappa shape index (κ1) is 21.8. The van der Waals surface area contributed by atoms with E-state index < -0.39 is 24.0 Å². The van der Waals surface area contributed by atoms with E-state index in [1.54, 1.807) is 12.3 Å². The predicted molar refractivity (Wildman–Crippen MR) is 99.8 cm³/mol. The number of hydrogen-bond donors (Lipinski definition) is 1. The lowest BCUT2D eigenvalue weighted by molar-refractivity contribution is -0.142. The molecule has 7 nitrogen and oxygen atoms in total. The number of ether oxygens (including phenoxy) is 2. The maximum absolute atomic E-state index is 12.7. The normalized spacial score (nSPS) is 18.0. The zero-order chi connectivity index (χ0) is 21.7. The quantitative estimate of drug-likeness (QED) is 0.766. The summed E-state index contributed by atoms with van der Waals surface area (Å²) in [4.78, 5) is 21.6. The molecule has 3 rings (SSSR count). The van der Waals surface area contributed by atoms with Crippen molar-refractivity contribution in [2.24, 2.45) is 0 Å². The van der Waals surface area contributed by atoms with Gasteiger partial charge < -0.3 is 19.5 Å². The van der Waals surface area contributed by atoms with Crippen molar-refractivity contribution in [3.63, 3.8) is 0 Å². The molecule has 30 heavy (non-hydrogen) atoms. The number of likely N-dealkylation sites (tertiary alicyclic amines) is 1. The SMILES string of the molecule is COc1ccncc1[C@@H](O)[C@H]1CCCCN1C(=O)COc1ccc(C(F)(F)F)nc1. The topological polar surface area (TPSA) is 84.8 Å². The van der Waals surface area contributed by atoms with Crippen molar-refractivity contribution in [1.29, 1.82) is 0 Å². The van der Waals surface area contributed by atoms with Crippen molar-refractivity contribution in [3.8, 4) is 11.5 Å². The van der Waals surface area contributed by atoms with Crippen molar-refractivity contribution >= 4 is 5.91 Å². The van der Waals surface area contributed by atoms with E-state index in [-0.39, 0.29) is 18.3 Å². The minimum Gasteiger partial charge on any atom is -0.496 e. The summed E-state index contributed by atoms with van der Waals surface area (Å²) in [6.45, 7) is 0.0677.